The quantitative estimate of drug-likeness (QED) is 0.503. The first kappa shape index (κ1) is 18.8. The molecule has 4 rings (SSSR count). The van der Waals surface area contributed by atoms with Gasteiger partial charge in [0.1, 0.15) is 5.52 Å². The maximum Gasteiger partial charge on any atom is 0.275 e. The second-order valence-electron chi connectivity index (χ2n) is 6.82. The van der Waals surface area contributed by atoms with E-state index < -0.39 is 10.0 Å². The van der Waals surface area contributed by atoms with Crippen LogP contribution in [0.2, 0.25) is 0 Å². The van der Waals surface area contributed by atoms with E-state index >= 15 is 0 Å². The molecule has 144 valence electrons. The number of aryl methyl sites for hydroxylation is 3. The molecule has 0 spiro atoms. The predicted octanol–water partition coefficient (Wildman–Crippen LogP) is 3.95. The number of nitrogens with zero attached hydrogens (tertiary/aromatic N) is 2. The molecule has 0 saturated carbocycles. The van der Waals surface area contributed by atoms with E-state index in [-0.39, 0.29) is 16.0 Å². The van der Waals surface area contributed by atoms with Crippen LogP contribution in [0.5, 0.6) is 0 Å². The van der Waals surface area contributed by atoms with Gasteiger partial charge in [-0.3, -0.25) is 4.79 Å². The lowest BCUT2D eigenvalue weighted by molar-refractivity contribution is 0.589. The number of hydrogen-bond acceptors (Lipinski definition) is 3. The Hall–Kier alpha value is -2.58. The van der Waals surface area contributed by atoms with Gasteiger partial charge in [-0.25, -0.2) is 12.4 Å². The molecule has 0 aliphatic heterocycles. The van der Waals surface area contributed by atoms with Gasteiger partial charge in [-0.2, -0.15) is 0 Å². The summed E-state index contributed by atoms with van der Waals surface area (Å²) in [4.78, 5) is 16.2. The van der Waals surface area contributed by atoms with Crippen molar-refractivity contribution in [2.75, 3.05) is 0 Å². The Morgan fingerprint density at radius 1 is 1.04 bits per heavy atom. The molecule has 0 saturated heterocycles. The summed E-state index contributed by atoms with van der Waals surface area (Å²) in [5.41, 5.74) is 2.61. The average molecular weight is 460 g/mol. The van der Waals surface area contributed by atoms with Crippen LogP contribution in [0.25, 0.3) is 22.3 Å². The van der Waals surface area contributed by atoms with Crippen LogP contribution in [0.4, 0.5) is 0 Å². The number of benzene rings is 1. The van der Waals surface area contributed by atoms with Crippen molar-refractivity contribution >= 4 is 36.9 Å². The second-order valence-corrected chi connectivity index (χ2v) is 9.46. The summed E-state index contributed by atoms with van der Waals surface area (Å²) in [6.45, 7) is 3.78. The Kier molecular flexibility index (Phi) is 4.35. The highest BCUT2D eigenvalue weighted by Gasteiger charge is 2.27. The number of aromatic nitrogens is 3. The summed E-state index contributed by atoms with van der Waals surface area (Å²) >= 11 is 3.46. The molecular formula is C20H18BrN3O3S. The van der Waals surface area contributed by atoms with Crippen LogP contribution in [0.1, 0.15) is 11.3 Å². The SMILES string of the molecule is Cc1ccc(S(=O)(=O)n2c(-c3ccc(C)[nH]3)cc3c(Br)cn(C)c(=O)c32)cc1. The molecule has 0 bridgehead atoms. The van der Waals surface area contributed by atoms with Crippen molar-refractivity contribution in [1.82, 2.24) is 13.5 Å². The van der Waals surface area contributed by atoms with Crippen LogP contribution in [-0.4, -0.2) is 21.9 Å². The molecule has 1 aromatic carbocycles. The van der Waals surface area contributed by atoms with Gasteiger partial charge in [0.05, 0.1) is 16.3 Å². The molecule has 1 N–H and O–H groups in total. The molecule has 3 heterocycles. The number of fused-ring (bicyclic) bond motifs is 1. The van der Waals surface area contributed by atoms with E-state index in [2.05, 4.69) is 20.9 Å². The first-order chi connectivity index (χ1) is 13.2. The Morgan fingerprint density at radius 2 is 1.71 bits per heavy atom. The molecular weight excluding hydrogens is 442 g/mol. The van der Waals surface area contributed by atoms with Gasteiger partial charge in [-0.05, 0) is 60.1 Å². The van der Waals surface area contributed by atoms with Crippen molar-refractivity contribution in [2.45, 2.75) is 18.7 Å². The lowest BCUT2D eigenvalue weighted by atomic mass is 10.2. The third kappa shape index (κ3) is 2.84. The zero-order valence-corrected chi connectivity index (χ0v) is 17.9. The van der Waals surface area contributed by atoms with Gasteiger partial charge in [0.25, 0.3) is 15.6 Å². The molecule has 0 atom stereocenters. The molecule has 0 fully saturated rings. The van der Waals surface area contributed by atoms with Crippen molar-refractivity contribution in [3.8, 4) is 11.4 Å². The first-order valence-electron chi connectivity index (χ1n) is 8.59. The highest BCUT2D eigenvalue weighted by atomic mass is 79.9. The highest BCUT2D eigenvalue weighted by Crippen LogP contribution is 2.33. The number of hydrogen-bond donors (Lipinski definition) is 1. The molecule has 0 aliphatic carbocycles. The number of pyridine rings is 1. The molecule has 4 aromatic rings. The van der Waals surface area contributed by atoms with E-state index in [1.807, 2.05) is 26.0 Å². The van der Waals surface area contributed by atoms with Gasteiger partial charge in [0.2, 0.25) is 0 Å². The van der Waals surface area contributed by atoms with E-state index in [9.17, 15) is 13.2 Å². The van der Waals surface area contributed by atoms with Gasteiger partial charge in [-0.15, -0.1) is 0 Å². The zero-order valence-electron chi connectivity index (χ0n) is 15.5. The van der Waals surface area contributed by atoms with E-state index in [0.29, 0.717) is 21.2 Å². The minimum absolute atomic E-state index is 0.111. The highest BCUT2D eigenvalue weighted by molar-refractivity contribution is 9.10. The standard InChI is InChI=1S/C20H18BrN3O3S/c1-12-4-7-14(8-5-12)28(26,27)24-18(17-9-6-13(2)22-17)10-15-16(21)11-23(3)20(25)19(15)24/h4-11,22H,1-3H3. The fourth-order valence-corrected chi connectivity index (χ4v) is 5.38. The van der Waals surface area contributed by atoms with Gasteiger partial charge < -0.3 is 9.55 Å². The molecule has 0 amide bonds. The number of H-pyrrole nitrogens is 1. The summed E-state index contributed by atoms with van der Waals surface area (Å²) in [6.07, 6.45) is 1.64. The number of aromatic amines is 1. The predicted molar refractivity (Wildman–Crippen MR) is 113 cm³/mol. The van der Waals surface area contributed by atoms with Gasteiger partial charge in [0, 0.05) is 28.8 Å². The monoisotopic (exact) mass is 459 g/mol. The first-order valence-corrected chi connectivity index (χ1v) is 10.8. The fourth-order valence-electron chi connectivity index (χ4n) is 3.25. The van der Waals surface area contributed by atoms with Crippen molar-refractivity contribution in [3.63, 3.8) is 0 Å². The van der Waals surface area contributed by atoms with Crippen molar-refractivity contribution in [1.29, 1.82) is 0 Å². The van der Waals surface area contributed by atoms with E-state index in [1.165, 1.54) is 4.57 Å². The van der Waals surface area contributed by atoms with E-state index in [4.69, 9.17) is 0 Å². The molecule has 0 aliphatic rings. The Balaban J connectivity index is 2.16. The van der Waals surface area contributed by atoms with Gasteiger partial charge in [-0.1, -0.05) is 17.7 Å². The maximum absolute atomic E-state index is 13.6. The summed E-state index contributed by atoms with van der Waals surface area (Å²) in [5, 5.41) is 0.543. The fraction of sp³-hybridized carbons (Fsp3) is 0.150. The van der Waals surface area contributed by atoms with E-state index in [0.717, 1.165) is 15.2 Å². The molecule has 3 aromatic heterocycles. The minimum atomic E-state index is -4.00. The molecule has 28 heavy (non-hydrogen) atoms. The second kappa shape index (κ2) is 6.49. The minimum Gasteiger partial charge on any atom is -0.357 e. The summed E-state index contributed by atoms with van der Waals surface area (Å²) in [5.74, 6) is 0. The van der Waals surface area contributed by atoms with Crippen LogP contribution in [0.15, 0.2) is 62.8 Å². The maximum atomic E-state index is 13.6. The smallest absolute Gasteiger partial charge is 0.275 e. The zero-order chi connectivity index (χ0) is 20.2. The third-order valence-electron chi connectivity index (χ3n) is 4.71. The van der Waals surface area contributed by atoms with Gasteiger partial charge in [0.15, 0.2) is 0 Å². The Morgan fingerprint density at radius 3 is 2.32 bits per heavy atom. The molecule has 0 radical (unpaired) electrons. The normalized spacial score (nSPS) is 12.0. The van der Waals surface area contributed by atoms with Crippen molar-refractivity contribution < 1.29 is 8.42 Å². The largest absolute Gasteiger partial charge is 0.357 e. The lowest BCUT2D eigenvalue weighted by Crippen LogP contribution is -2.23. The average Bonchev–Trinajstić information content (AvgIpc) is 3.24. The van der Waals surface area contributed by atoms with Gasteiger partial charge >= 0.3 is 0 Å². The summed E-state index contributed by atoms with van der Waals surface area (Å²) < 4.78 is 30.3. The van der Waals surface area contributed by atoms with Crippen molar-refractivity contribution in [2.24, 2.45) is 7.05 Å². The summed E-state index contributed by atoms with van der Waals surface area (Å²) in [6, 6.07) is 12.0. The Labute approximate surface area is 170 Å². The molecule has 6 nitrogen and oxygen atoms in total. The third-order valence-corrected chi connectivity index (χ3v) is 7.07. The molecule has 0 unspecified atom stereocenters. The van der Waals surface area contributed by atoms with E-state index in [1.54, 1.807) is 43.6 Å². The van der Waals surface area contributed by atoms with Crippen LogP contribution in [0, 0.1) is 13.8 Å². The Bertz CT molecular complexity index is 1380. The van der Waals surface area contributed by atoms with Crippen LogP contribution in [-0.2, 0) is 17.1 Å². The van der Waals surface area contributed by atoms with Crippen LogP contribution < -0.4 is 5.56 Å². The number of rotatable bonds is 3. The summed E-state index contributed by atoms with van der Waals surface area (Å²) in [7, 11) is -2.40. The topological polar surface area (TPSA) is 76.9 Å². The van der Waals surface area contributed by atoms with Crippen LogP contribution in [0.3, 0.4) is 0 Å². The lowest BCUT2D eigenvalue weighted by Gasteiger charge is -2.12. The van der Waals surface area contributed by atoms with Crippen molar-refractivity contribution in [3.05, 3.63) is 74.7 Å². The number of halogens is 1. The molecule has 8 heteroatoms. The van der Waals surface area contributed by atoms with Crippen LogP contribution >= 0.6 is 15.9 Å². The number of nitrogens with one attached hydrogen (secondary N) is 1.